The first-order valence-electron chi connectivity index (χ1n) is 5.08. The van der Waals surface area contributed by atoms with Gasteiger partial charge in [-0.2, -0.15) is 0 Å². The van der Waals surface area contributed by atoms with Crippen molar-refractivity contribution in [2.45, 2.75) is 19.4 Å². The predicted molar refractivity (Wildman–Crippen MR) is 52.8 cm³/mol. The number of carboxylic acids is 1. The maximum absolute atomic E-state index is 11.8. The van der Waals surface area contributed by atoms with Crippen LogP contribution < -0.4 is 0 Å². The first-order chi connectivity index (χ1) is 7.66. The van der Waals surface area contributed by atoms with E-state index in [2.05, 4.69) is 10.3 Å². The molecule has 2 heterocycles. The normalized spacial score (nSPS) is 15.4. The molecule has 86 valence electrons. The molecular formula is C9H12N4O3. The van der Waals surface area contributed by atoms with Gasteiger partial charge < -0.3 is 10.0 Å². The fraction of sp³-hybridized carbons (Fsp3) is 0.556. The molecule has 1 aliphatic heterocycles. The summed E-state index contributed by atoms with van der Waals surface area (Å²) >= 11 is 0. The second-order valence-corrected chi connectivity index (χ2v) is 3.69. The van der Waals surface area contributed by atoms with Gasteiger partial charge in [-0.05, 0) is 12.8 Å². The Bertz CT molecular complexity index is 409. The summed E-state index contributed by atoms with van der Waals surface area (Å²) in [5, 5.41) is 15.8. The van der Waals surface area contributed by atoms with Crippen molar-refractivity contribution < 1.29 is 14.7 Å². The van der Waals surface area contributed by atoms with Crippen molar-refractivity contribution in [3.05, 3.63) is 11.9 Å². The van der Waals surface area contributed by atoms with Crippen LogP contribution in [0.5, 0.6) is 0 Å². The van der Waals surface area contributed by atoms with E-state index in [0.717, 1.165) is 30.6 Å². The lowest BCUT2D eigenvalue weighted by molar-refractivity contribution is -0.137. The second kappa shape index (κ2) is 4.30. The maximum Gasteiger partial charge on any atom is 0.325 e. The Kier molecular flexibility index (Phi) is 2.84. The number of carbonyl (C=O) groups excluding carboxylic acids is 1. The zero-order valence-electron chi connectivity index (χ0n) is 8.67. The number of carboxylic acid groups (broad SMARTS) is 1. The van der Waals surface area contributed by atoms with Gasteiger partial charge in [-0.1, -0.05) is 5.21 Å². The number of aromatic nitrogens is 3. The van der Waals surface area contributed by atoms with Crippen molar-refractivity contribution in [2.24, 2.45) is 0 Å². The Balaban J connectivity index is 2.05. The molecule has 0 aliphatic carbocycles. The van der Waals surface area contributed by atoms with Gasteiger partial charge in [-0.15, -0.1) is 5.10 Å². The number of hydrogen-bond acceptors (Lipinski definition) is 4. The van der Waals surface area contributed by atoms with Gasteiger partial charge in [-0.25, -0.2) is 4.68 Å². The Labute approximate surface area is 91.7 Å². The molecule has 7 nitrogen and oxygen atoms in total. The van der Waals surface area contributed by atoms with E-state index in [0.29, 0.717) is 0 Å². The number of amides is 1. The minimum absolute atomic E-state index is 0.172. The van der Waals surface area contributed by atoms with Gasteiger partial charge in [0.2, 0.25) is 0 Å². The van der Waals surface area contributed by atoms with Gasteiger partial charge in [0, 0.05) is 13.1 Å². The third kappa shape index (κ3) is 2.18. The molecule has 1 aromatic rings. The summed E-state index contributed by atoms with van der Waals surface area (Å²) in [5.41, 5.74) is 0.211. The topological polar surface area (TPSA) is 88.3 Å². The quantitative estimate of drug-likeness (QED) is 0.754. The fourth-order valence-corrected chi connectivity index (χ4v) is 1.69. The molecule has 1 aliphatic rings. The van der Waals surface area contributed by atoms with E-state index < -0.39 is 5.97 Å². The summed E-state index contributed by atoms with van der Waals surface area (Å²) in [4.78, 5) is 23.9. The zero-order chi connectivity index (χ0) is 11.5. The van der Waals surface area contributed by atoms with Crippen LogP contribution in [0.1, 0.15) is 23.3 Å². The predicted octanol–water partition coefficient (Wildman–Crippen LogP) is -0.401. The number of nitrogens with zero attached hydrogens (tertiary/aromatic N) is 4. The Morgan fingerprint density at radius 2 is 2.06 bits per heavy atom. The molecule has 7 heteroatoms. The summed E-state index contributed by atoms with van der Waals surface area (Å²) in [7, 11) is 0. The molecule has 0 unspecified atom stereocenters. The highest BCUT2D eigenvalue weighted by Crippen LogP contribution is 2.10. The van der Waals surface area contributed by atoms with Crippen molar-refractivity contribution >= 4 is 11.9 Å². The van der Waals surface area contributed by atoms with Gasteiger partial charge in [0.25, 0.3) is 5.91 Å². The summed E-state index contributed by atoms with van der Waals surface area (Å²) in [6.07, 6.45) is 3.39. The first kappa shape index (κ1) is 10.6. The Hall–Kier alpha value is -1.92. The van der Waals surface area contributed by atoms with E-state index >= 15 is 0 Å². The van der Waals surface area contributed by atoms with Gasteiger partial charge in [0.05, 0.1) is 6.20 Å². The number of rotatable bonds is 3. The summed E-state index contributed by atoms with van der Waals surface area (Å²) < 4.78 is 1.14. The monoisotopic (exact) mass is 224 g/mol. The molecule has 1 fully saturated rings. The van der Waals surface area contributed by atoms with Crippen molar-refractivity contribution in [1.29, 1.82) is 0 Å². The van der Waals surface area contributed by atoms with E-state index in [-0.39, 0.29) is 18.1 Å². The van der Waals surface area contributed by atoms with Crippen LogP contribution in [-0.2, 0) is 11.3 Å². The Morgan fingerprint density at radius 3 is 2.69 bits per heavy atom. The number of carbonyl (C=O) groups is 2. The van der Waals surface area contributed by atoms with E-state index in [1.54, 1.807) is 4.90 Å². The van der Waals surface area contributed by atoms with Gasteiger partial charge >= 0.3 is 5.97 Å². The minimum atomic E-state index is -1.01. The lowest BCUT2D eigenvalue weighted by Crippen LogP contribution is -2.27. The zero-order valence-corrected chi connectivity index (χ0v) is 8.67. The minimum Gasteiger partial charge on any atom is -0.480 e. The molecule has 0 radical (unpaired) electrons. The molecular weight excluding hydrogens is 212 g/mol. The average molecular weight is 224 g/mol. The smallest absolute Gasteiger partial charge is 0.325 e. The third-order valence-electron chi connectivity index (χ3n) is 2.45. The molecule has 0 aromatic carbocycles. The van der Waals surface area contributed by atoms with E-state index in [9.17, 15) is 9.59 Å². The summed E-state index contributed by atoms with van der Waals surface area (Å²) in [6.45, 7) is 1.20. The van der Waals surface area contributed by atoms with Crippen molar-refractivity contribution in [3.8, 4) is 0 Å². The first-order valence-corrected chi connectivity index (χ1v) is 5.08. The molecule has 0 spiro atoms. The van der Waals surface area contributed by atoms with Crippen LogP contribution in [-0.4, -0.2) is 50.0 Å². The van der Waals surface area contributed by atoms with Crippen molar-refractivity contribution in [3.63, 3.8) is 0 Å². The lowest BCUT2D eigenvalue weighted by Gasteiger charge is -2.12. The number of hydrogen-bond donors (Lipinski definition) is 1. The van der Waals surface area contributed by atoms with Crippen molar-refractivity contribution in [2.75, 3.05) is 13.1 Å². The number of aliphatic carboxylic acids is 1. The molecule has 1 saturated heterocycles. The average Bonchev–Trinajstić information content (AvgIpc) is 2.84. The Morgan fingerprint density at radius 1 is 1.38 bits per heavy atom. The van der Waals surface area contributed by atoms with Crippen LogP contribution in [0.3, 0.4) is 0 Å². The molecule has 1 amide bonds. The van der Waals surface area contributed by atoms with Crippen LogP contribution in [0.15, 0.2) is 6.20 Å². The fourth-order valence-electron chi connectivity index (χ4n) is 1.69. The largest absolute Gasteiger partial charge is 0.480 e. The van der Waals surface area contributed by atoms with Gasteiger partial charge in [0.15, 0.2) is 5.69 Å². The van der Waals surface area contributed by atoms with Crippen molar-refractivity contribution in [1.82, 2.24) is 19.9 Å². The third-order valence-corrected chi connectivity index (χ3v) is 2.45. The van der Waals surface area contributed by atoms with Crippen LogP contribution in [0.4, 0.5) is 0 Å². The standard InChI is InChI=1S/C9H12N4O3/c14-8(15)6-13-5-7(10-11-13)9(16)12-3-1-2-4-12/h5H,1-4,6H2,(H,14,15). The van der Waals surface area contributed by atoms with Crippen LogP contribution in [0, 0.1) is 0 Å². The van der Waals surface area contributed by atoms with E-state index in [1.165, 1.54) is 6.20 Å². The molecule has 16 heavy (non-hydrogen) atoms. The highest BCUT2D eigenvalue weighted by Gasteiger charge is 2.22. The SMILES string of the molecule is O=C(O)Cn1cc(C(=O)N2CCCC2)nn1. The highest BCUT2D eigenvalue weighted by molar-refractivity contribution is 5.92. The summed E-state index contributed by atoms with van der Waals surface area (Å²) in [6, 6.07) is 0. The second-order valence-electron chi connectivity index (χ2n) is 3.69. The van der Waals surface area contributed by atoms with Crippen LogP contribution in [0.2, 0.25) is 0 Å². The maximum atomic E-state index is 11.8. The molecule has 0 atom stereocenters. The molecule has 0 saturated carbocycles. The van der Waals surface area contributed by atoms with E-state index in [4.69, 9.17) is 5.11 Å². The molecule has 1 aromatic heterocycles. The van der Waals surface area contributed by atoms with Crippen LogP contribution in [0.25, 0.3) is 0 Å². The summed E-state index contributed by atoms with van der Waals surface area (Å²) in [5.74, 6) is -1.18. The molecule has 0 bridgehead atoms. The molecule has 1 N–H and O–H groups in total. The van der Waals surface area contributed by atoms with Gasteiger partial charge in [-0.3, -0.25) is 9.59 Å². The lowest BCUT2D eigenvalue weighted by atomic mass is 10.4. The highest BCUT2D eigenvalue weighted by atomic mass is 16.4. The number of likely N-dealkylation sites (tertiary alicyclic amines) is 1. The van der Waals surface area contributed by atoms with Gasteiger partial charge in [0.1, 0.15) is 6.54 Å². The molecule has 2 rings (SSSR count). The van der Waals surface area contributed by atoms with Crippen LogP contribution >= 0.6 is 0 Å². The van der Waals surface area contributed by atoms with E-state index in [1.807, 2.05) is 0 Å².